The molecule has 2 N–H and O–H groups in total. The number of esters is 1. The van der Waals surface area contributed by atoms with Gasteiger partial charge in [-0.25, -0.2) is 0 Å². The Bertz CT molecular complexity index is 372. The van der Waals surface area contributed by atoms with Crippen LogP contribution in [0.3, 0.4) is 0 Å². The van der Waals surface area contributed by atoms with Gasteiger partial charge in [-0.1, -0.05) is 6.07 Å². The van der Waals surface area contributed by atoms with E-state index in [4.69, 9.17) is 4.74 Å². The maximum Gasteiger partial charge on any atom is 0.315 e. The predicted octanol–water partition coefficient (Wildman–Crippen LogP) is 1.30. The molecule has 16 heavy (non-hydrogen) atoms. The second-order valence-electron chi connectivity index (χ2n) is 3.96. The van der Waals surface area contributed by atoms with E-state index in [0.29, 0.717) is 12.3 Å². The zero-order chi connectivity index (χ0) is 11.4. The Morgan fingerprint density at radius 1 is 1.50 bits per heavy atom. The van der Waals surface area contributed by atoms with Crippen LogP contribution in [0.4, 0.5) is 0 Å². The van der Waals surface area contributed by atoms with Gasteiger partial charge in [-0.05, 0) is 31.5 Å². The number of phenolic OH excluding ortho intramolecular Hbond substituents is 1. The molecule has 86 valence electrons. The third-order valence-electron chi connectivity index (χ3n) is 2.67. The molecule has 0 aromatic heterocycles. The van der Waals surface area contributed by atoms with Gasteiger partial charge in [0, 0.05) is 12.6 Å². The number of piperidine rings is 1. The van der Waals surface area contributed by atoms with Gasteiger partial charge in [0.05, 0.1) is 5.92 Å². The van der Waals surface area contributed by atoms with Crippen LogP contribution in [0.1, 0.15) is 12.8 Å². The Morgan fingerprint density at radius 3 is 3.06 bits per heavy atom. The van der Waals surface area contributed by atoms with Crippen LogP contribution in [0.25, 0.3) is 0 Å². The molecular formula is C12H15NO3. The first kappa shape index (κ1) is 11.0. The van der Waals surface area contributed by atoms with Crippen molar-refractivity contribution in [3.05, 3.63) is 24.3 Å². The van der Waals surface area contributed by atoms with Gasteiger partial charge in [0.1, 0.15) is 11.5 Å². The number of rotatable bonds is 2. The van der Waals surface area contributed by atoms with Gasteiger partial charge in [0.25, 0.3) is 0 Å². The van der Waals surface area contributed by atoms with Crippen LogP contribution in [-0.2, 0) is 4.79 Å². The van der Waals surface area contributed by atoms with Crippen LogP contribution < -0.4 is 10.1 Å². The van der Waals surface area contributed by atoms with Gasteiger partial charge < -0.3 is 15.2 Å². The van der Waals surface area contributed by atoms with Crippen molar-refractivity contribution < 1.29 is 14.6 Å². The maximum absolute atomic E-state index is 11.7. The third kappa shape index (κ3) is 2.73. The summed E-state index contributed by atoms with van der Waals surface area (Å²) in [5.74, 6) is 0.205. The number of hydrogen-bond donors (Lipinski definition) is 2. The highest BCUT2D eigenvalue weighted by Gasteiger charge is 2.22. The van der Waals surface area contributed by atoms with E-state index in [9.17, 15) is 9.90 Å². The Labute approximate surface area is 94.2 Å². The SMILES string of the molecule is O=C(Oc1cccc(O)c1)C1CCCNC1. The number of benzene rings is 1. The van der Waals surface area contributed by atoms with Gasteiger partial charge in [0.2, 0.25) is 0 Å². The Balaban J connectivity index is 1.96. The van der Waals surface area contributed by atoms with E-state index in [0.717, 1.165) is 19.4 Å². The monoisotopic (exact) mass is 221 g/mol. The maximum atomic E-state index is 11.7. The van der Waals surface area contributed by atoms with Crippen LogP contribution in [0.15, 0.2) is 24.3 Å². The van der Waals surface area contributed by atoms with Crippen LogP contribution in [0, 0.1) is 5.92 Å². The van der Waals surface area contributed by atoms with E-state index >= 15 is 0 Å². The molecule has 0 bridgehead atoms. The van der Waals surface area contributed by atoms with Crippen molar-refractivity contribution in [2.75, 3.05) is 13.1 Å². The molecule has 1 saturated heterocycles. The molecule has 2 rings (SSSR count). The lowest BCUT2D eigenvalue weighted by Gasteiger charge is -2.20. The quantitative estimate of drug-likeness (QED) is 0.583. The summed E-state index contributed by atoms with van der Waals surface area (Å²) in [4.78, 5) is 11.7. The fourth-order valence-electron chi connectivity index (χ4n) is 1.80. The summed E-state index contributed by atoms with van der Waals surface area (Å²) in [6.07, 6.45) is 1.87. The molecule has 0 saturated carbocycles. The Morgan fingerprint density at radius 2 is 2.38 bits per heavy atom. The summed E-state index contributed by atoms with van der Waals surface area (Å²) < 4.78 is 5.20. The molecule has 1 atom stereocenters. The number of aromatic hydroxyl groups is 1. The fourth-order valence-corrected chi connectivity index (χ4v) is 1.80. The van der Waals surface area contributed by atoms with Crippen molar-refractivity contribution in [2.45, 2.75) is 12.8 Å². The first-order chi connectivity index (χ1) is 7.75. The molecule has 1 aliphatic heterocycles. The van der Waals surface area contributed by atoms with Gasteiger partial charge >= 0.3 is 5.97 Å². The van der Waals surface area contributed by atoms with E-state index in [1.165, 1.54) is 6.07 Å². The van der Waals surface area contributed by atoms with Crippen LogP contribution >= 0.6 is 0 Å². The van der Waals surface area contributed by atoms with E-state index in [2.05, 4.69) is 5.32 Å². The third-order valence-corrected chi connectivity index (χ3v) is 2.67. The normalized spacial score (nSPS) is 20.4. The fraction of sp³-hybridized carbons (Fsp3) is 0.417. The second kappa shape index (κ2) is 4.99. The summed E-state index contributed by atoms with van der Waals surface area (Å²) in [6, 6.07) is 6.29. The van der Waals surface area contributed by atoms with Gasteiger partial charge in [-0.2, -0.15) is 0 Å². The van der Waals surface area contributed by atoms with Crippen molar-refractivity contribution >= 4 is 5.97 Å². The lowest BCUT2D eigenvalue weighted by Crippen LogP contribution is -2.36. The minimum atomic E-state index is -0.224. The summed E-state index contributed by atoms with van der Waals surface area (Å²) in [7, 11) is 0. The standard InChI is InChI=1S/C12H15NO3/c14-10-4-1-5-11(7-10)16-12(15)9-3-2-6-13-8-9/h1,4-5,7,9,13-14H,2-3,6,8H2. The topological polar surface area (TPSA) is 58.6 Å². The zero-order valence-corrected chi connectivity index (χ0v) is 8.98. The molecule has 1 unspecified atom stereocenters. The van der Waals surface area contributed by atoms with Crippen molar-refractivity contribution in [1.29, 1.82) is 0 Å². The van der Waals surface area contributed by atoms with E-state index < -0.39 is 0 Å². The second-order valence-corrected chi connectivity index (χ2v) is 3.96. The van der Waals surface area contributed by atoms with Gasteiger partial charge in [0.15, 0.2) is 0 Å². The van der Waals surface area contributed by atoms with E-state index in [-0.39, 0.29) is 17.6 Å². The average Bonchev–Trinajstić information content (AvgIpc) is 2.30. The van der Waals surface area contributed by atoms with Gasteiger partial charge in [-0.3, -0.25) is 4.79 Å². The van der Waals surface area contributed by atoms with Crippen molar-refractivity contribution in [2.24, 2.45) is 5.92 Å². The van der Waals surface area contributed by atoms with Crippen LogP contribution in [0.2, 0.25) is 0 Å². The molecule has 1 heterocycles. The number of phenols is 1. The van der Waals surface area contributed by atoms with E-state index in [1.54, 1.807) is 18.2 Å². The van der Waals surface area contributed by atoms with Crippen LogP contribution in [-0.4, -0.2) is 24.2 Å². The summed E-state index contributed by atoms with van der Waals surface area (Å²) in [5, 5.41) is 12.4. The largest absolute Gasteiger partial charge is 0.508 e. The van der Waals surface area contributed by atoms with Gasteiger partial charge in [-0.15, -0.1) is 0 Å². The first-order valence-corrected chi connectivity index (χ1v) is 5.47. The molecular weight excluding hydrogens is 206 g/mol. The first-order valence-electron chi connectivity index (χ1n) is 5.47. The Hall–Kier alpha value is -1.55. The minimum Gasteiger partial charge on any atom is -0.508 e. The highest BCUT2D eigenvalue weighted by molar-refractivity contribution is 5.75. The highest BCUT2D eigenvalue weighted by atomic mass is 16.5. The lowest BCUT2D eigenvalue weighted by atomic mass is 10.0. The summed E-state index contributed by atoms with van der Waals surface area (Å²) in [6.45, 7) is 1.65. The van der Waals surface area contributed by atoms with E-state index in [1.807, 2.05) is 0 Å². The number of carbonyl (C=O) groups excluding carboxylic acids is 1. The highest BCUT2D eigenvalue weighted by Crippen LogP contribution is 2.20. The minimum absolute atomic E-state index is 0.0731. The molecule has 0 spiro atoms. The summed E-state index contributed by atoms with van der Waals surface area (Å²) in [5.41, 5.74) is 0. The number of hydrogen-bond acceptors (Lipinski definition) is 4. The molecule has 0 aliphatic carbocycles. The number of ether oxygens (including phenoxy) is 1. The van der Waals surface area contributed by atoms with Crippen molar-refractivity contribution in [1.82, 2.24) is 5.32 Å². The molecule has 1 aliphatic rings. The zero-order valence-electron chi connectivity index (χ0n) is 8.98. The Kier molecular flexibility index (Phi) is 3.41. The van der Waals surface area contributed by atoms with Crippen molar-refractivity contribution in [3.8, 4) is 11.5 Å². The molecule has 0 amide bonds. The smallest absolute Gasteiger partial charge is 0.315 e. The molecule has 1 aromatic carbocycles. The molecule has 4 nitrogen and oxygen atoms in total. The lowest BCUT2D eigenvalue weighted by molar-refractivity contribution is -0.139. The molecule has 4 heteroatoms. The molecule has 1 aromatic rings. The number of carbonyl (C=O) groups is 1. The molecule has 0 radical (unpaired) electrons. The summed E-state index contributed by atoms with van der Waals surface area (Å²) >= 11 is 0. The predicted molar refractivity (Wildman–Crippen MR) is 59.3 cm³/mol. The van der Waals surface area contributed by atoms with Crippen molar-refractivity contribution in [3.63, 3.8) is 0 Å². The molecule has 1 fully saturated rings. The average molecular weight is 221 g/mol. The number of nitrogens with one attached hydrogen (secondary N) is 1. The van der Waals surface area contributed by atoms with Crippen LogP contribution in [0.5, 0.6) is 11.5 Å².